The van der Waals surface area contributed by atoms with E-state index < -0.39 is 0 Å². The molecule has 8 heteroatoms. The van der Waals surface area contributed by atoms with Gasteiger partial charge in [0.2, 0.25) is 5.65 Å². The smallest absolute Gasteiger partial charge is 0.257 e. The number of rotatable bonds is 5. The van der Waals surface area contributed by atoms with Crippen LogP contribution in [-0.4, -0.2) is 23.3 Å². The van der Waals surface area contributed by atoms with Crippen molar-refractivity contribution in [3.8, 4) is 11.8 Å². The third-order valence-electron chi connectivity index (χ3n) is 6.12. The van der Waals surface area contributed by atoms with E-state index in [-0.39, 0.29) is 5.56 Å². The lowest BCUT2D eigenvalue weighted by molar-refractivity contribution is -0.465. The summed E-state index contributed by atoms with van der Waals surface area (Å²) in [5.74, 6) is 1.43. The van der Waals surface area contributed by atoms with Gasteiger partial charge in [0.15, 0.2) is 0 Å². The number of ether oxygens (including phenoxy) is 1. The minimum absolute atomic E-state index is 0.247. The number of hydrogen-bond acceptors (Lipinski definition) is 5. The van der Waals surface area contributed by atoms with Crippen LogP contribution < -0.4 is 20.1 Å². The monoisotopic (exact) mass is 451 g/mol. The second kappa shape index (κ2) is 8.37. The number of nitriles is 1. The summed E-state index contributed by atoms with van der Waals surface area (Å²) in [5, 5.41) is 15.1. The van der Waals surface area contributed by atoms with Crippen molar-refractivity contribution in [3.63, 3.8) is 0 Å². The summed E-state index contributed by atoms with van der Waals surface area (Å²) in [5.41, 5.74) is 9.05. The van der Waals surface area contributed by atoms with Crippen molar-refractivity contribution in [1.82, 2.24) is 9.97 Å². The van der Waals surface area contributed by atoms with Crippen molar-refractivity contribution in [2.75, 3.05) is 12.5 Å². The molecule has 0 saturated heterocycles. The van der Waals surface area contributed by atoms with Gasteiger partial charge in [0.25, 0.3) is 11.4 Å². The van der Waals surface area contributed by atoms with E-state index in [4.69, 9.17) is 4.74 Å². The molecule has 3 heterocycles. The number of para-hydroxylation sites is 2. The number of hydrazone groups is 1. The first-order valence-corrected chi connectivity index (χ1v) is 10.9. The Labute approximate surface area is 195 Å². The molecule has 5 aromatic rings. The Bertz CT molecular complexity index is 1700. The maximum absolute atomic E-state index is 12.6. The van der Waals surface area contributed by atoms with Crippen LogP contribution >= 0.6 is 0 Å². The van der Waals surface area contributed by atoms with Crippen molar-refractivity contribution in [1.29, 1.82) is 5.26 Å². The van der Waals surface area contributed by atoms with Crippen LogP contribution in [0.3, 0.4) is 0 Å². The molecule has 168 valence electrons. The largest absolute Gasteiger partial charge is 0.497 e. The van der Waals surface area contributed by atoms with E-state index in [1.54, 1.807) is 19.2 Å². The molecule has 0 aliphatic carbocycles. The lowest BCUT2D eigenvalue weighted by Gasteiger charge is -2.10. The van der Waals surface area contributed by atoms with E-state index >= 15 is 0 Å². The number of fused-ring (bicyclic) bond motifs is 4. The number of pyridine rings is 2. The number of imidazole rings is 1. The highest BCUT2D eigenvalue weighted by molar-refractivity contribution is 5.88. The van der Waals surface area contributed by atoms with Crippen molar-refractivity contribution in [2.24, 2.45) is 5.10 Å². The summed E-state index contributed by atoms with van der Waals surface area (Å²) in [4.78, 5) is 18.9. The molecule has 0 saturated carbocycles. The second-order valence-corrected chi connectivity index (χ2v) is 8.00. The zero-order valence-electron chi connectivity index (χ0n) is 19.1. The Morgan fingerprint density at radius 2 is 2.00 bits per heavy atom. The molecular formula is C26H23N6O2+. The van der Waals surface area contributed by atoms with E-state index in [0.717, 1.165) is 33.4 Å². The number of benzene rings is 2. The number of nitrogens with zero attached hydrogens (tertiary/aromatic N) is 3. The van der Waals surface area contributed by atoms with Crippen molar-refractivity contribution < 1.29 is 9.14 Å². The van der Waals surface area contributed by atoms with E-state index in [1.165, 1.54) is 6.21 Å². The van der Waals surface area contributed by atoms with Gasteiger partial charge in [0.05, 0.1) is 24.4 Å². The molecule has 3 aromatic heterocycles. The van der Waals surface area contributed by atoms with Gasteiger partial charge in [-0.05, 0) is 54.6 Å². The molecule has 0 spiro atoms. The summed E-state index contributed by atoms with van der Waals surface area (Å²) < 4.78 is 7.21. The molecule has 0 aliphatic rings. The van der Waals surface area contributed by atoms with Gasteiger partial charge in [-0.25, -0.2) is 0 Å². The summed E-state index contributed by atoms with van der Waals surface area (Å²) in [6, 6.07) is 17.5. The standard InChI is InChI=1S/C26H22N6O2/c1-4-19-15(2)20(13-27)24-29-21-7-5-6-8-23(21)32(24)25(19)31-28-14-17-11-16-9-10-18(34-3)12-22(16)30-26(17)33/h5-12,14H,4H2,1-3H3,(H2,28,29,30,31,33)/p+1. The zero-order chi connectivity index (χ0) is 23.8. The van der Waals surface area contributed by atoms with Crippen LogP contribution in [0.1, 0.15) is 29.2 Å². The quantitative estimate of drug-likeness (QED) is 0.213. The SMILES string of the molecule is CCc1c(C)c(C#N)c2[nH]c3ccccc3[n+]2c1N/N=C/c1cc2ccc(OC)cc2[nH]c1=O. The molecule has 0 amide bonds. The molecule has 34 heavy (non-hydrogen) atoms. The fraction of sp³-hybridized carbons (Fsp3) is 0.154. The summed E-state index contributed by atoms with van der Waals surface area (Å²) in [6.45, 7) is 3.99. The molecule has 0 atom stereocenters. The summed E-state index contributed by atoms with van der Waals surface area (Å²) >= 11 is 0. The Kier molecular flexibility index (Phi) is 5.22. The number of methoxy groups -OCH3 is 1. The lowest BCUT2D eigenvalue weighted by Crippen LogP contribution is -2.28. The van der Waals surface area contributed by atoms with Gasteiger partial charge in [-0.3, -0.25) is 9.78 Å². The predicted molar refractivity (Wildman–Crippen MR) is 133 cm³/mol. The van der Waals surface area contributed by atoms with E-state index in [9.17, 15) is 10.1 Å². The Hall–Kier alpha value is -4.64. The fourth-order valence-electron chi connectivity index (χ4n) is 4.40. The molecular weight excluding hydrogens is 428 g/mol. The van der Waals surface area contributed by atoms with Gasteiger partial charge in [-0.2, -0.15) is 15.1 Å². The van der Waals surface area contributed by atoms with E-state index in [1.807, 2.05) is 54.6 Å². The third-order valence-corrected chi connectivity index (χ3v) is 6.12. The number of nitrogens with one attached hydrogen (secondary N) is 3. The Balaban J connectivity index is 1.63. The average Bonchev–Trinajstić information content (AvgIpc) is 3.23. The van der Waals surface area contributed by atoms with Crippen molar-refractivity contribution >= 4 is 39.6 Å². The molecule has 0 bridgehead atoms. The Morgan fingerprint density at radius 3 is 2.76 bits per heavy atom. The second-order valence-electron chi connectivity index (χ2n) is 8.00. The Morgan fingerprint density at radius 1 is 1.18 bits per heavy atom. The van der Waals surface area contributed by atoms with Crippen LogP contribution in [0.2, 0.25) is 0 Å². The van der Waals surface area contributed by atoms with Crippen LogP contribution in [-0.2, 0) is 6.42 Å². The van der Waals surface area contributed by atoms with Gasteiger partial charge in [-0.1, -0.05) is 19.1 Å². The molecule has 5 rings (SSSR count). The number of H-pyrrole nitrogens is 2. The minimum Gasteiger partial charge on any atom is -0.497 e. The van der Waals surface area contributed by atoms with Crippen LogP contribution in [0.15, 0.2) is 58.4 Å². The normalized spacial score (nSPS) is 11.5. The van der Waals surface area contributed by atoms with Gasteiger partial charge in [-0.15, -0.1) is 5.10 Å². The van der Waals surface area contributed by atoms with Crippen LogP contribution in [0.25, 0.3) is 27.6 Å². The molecule has 2 aromatic carbocycles. The van der Waals surface area contributed by atoms with E-state index in [0.29, 0.717) is 34.5 Å². The molecule has 8 nitrogen and oxygen atoms in total. The van der Waals surface area contributed by atoms with Crippen molar-refractivity contribution in [3.05, 3.63) is 81.1 Å². The summed E-state index contributed by atoms with van der Waals surface area (Å²) in [7, 11) is 1.59. The first-order valence-electron chi connectivity index (χ1n) is 10.9. The maximum atomic E-state index is 12.6. The first-order chi connectivity index (χ1) is 16.5. The number of aromatic amines is 2. The lowest BCUT2D eigenvalue weighted by atomic mass is 10.0. The fourth-order valence-corrected chi connectivity index (χ4v) is 4.40. The van der Waals surface area contributed by atoms with Gasteiger partial charge >= 0.3 is 0 Å². The molecule has 3 N–H and O–H groups in total. The molecule has 0 fully saturated rings. The zero-order valence-corrected chi connectivity index (χ0v) is 19.1. The van der Waals surface area contributed by atoms with Gasteiger partial charge < -0.3 is 9.72 Å². The highest BCUT2D eigenvalue weighted by Crippen LogP contribution is 2.26. The first kappa shape index (κ1) is 21.2. The summed E-state index contributed by atoms with van der Waals surface area (Å²) in [6.07, 6.45) is 2.22. The van der Waals surface area contributed by atoms with Crippen LogP contribution in [0, 0.1) is 18.3 Å². The predicted octanol–water partition coefficient (Wildman–Crippen LogP) is 3.95. The molecule has 0 radical (unpaired) electrons. The van der Waals surface area contributed by atoms with Gasteiger partial charge in [0.1, 0.15) is 28.4 Å². The molecule has 0 aliphatic heterocycles. The highest BCUT2D eigenvalue weighted by atomic mass is 16.5. The minimum atomic E-state index is -0.247. The third kappa shape index (κ3) is 3.35. The highest BCUT2D eigenvalue weighted by Gasteiger charge is 2.24. The van der Waals surface area contributed by atoms with Crippen molar-refractivity contribution in [2.45, 2.75) is 20.3 Å². The maximum Gasteiger partial charge on any atom is 0.257 e. The topological polar surface area (TPSA) is 110 Å². The van der Waals surface area contributed by atoms with Crippen LogP contribution in [0.5, 0.6) is 5.75 Å². The van der Waals surface area contributed by atoms with Crippen LogP contribution in [0.4, 0.5) is 5.82 Å². The van der Waals surface area contributed by atoms with E-state index in [2.05, 4.69) is 26.6 Å². The number of anilines is 1. The average molecular weight is 452 g/mol. The molecule has 0 unspecified atom stereocenters. The van der Waals surface area contributed by atoms with Gasteiger partial charge in [0, 0.05) is 11.6 Å². The number of aromatic nitrogens is 3. The number of hydrogen-bond donors (Lipinski definition) is 3.